The highest BCUT2D eigenvalue weighted by Gasteiger charge is 2.21. The number of benzene rings is 1. The topological polar surface area (TPSA) is 92.8 Å². The fourth-order valence-corrected chi connectivity index (χ4v) is 3.58. The van der Waals surface area contributed by atoms with Crippen LogP contribution in [0, 0.1) is 5.92 Å². The van der Waals surface area contributed by atoms with Crippen LogP contribution in [0.3, 0.4) is 0 Å². The van der Waals surface area contributed by atoms with Gasteiger partial charge in [-0.05, 0) is 48.8 Å². The summed E-state index contributed by atoms with van der Waals surface area (Å²) in [5.41, 5.74) is 0. The molecule has 1 aliphatic rings. The molecule has 2 heterocycles. The van der Waals surface area contributed by atoms with Crippen molar-refractivity contribution in [2.24, 2.45) is 5.92 Å². The van der Waals surface area contributed by atoms with Gasteiger partial charge in [-0.2, -0.15) is 0 Å². The first-order valence-corrected chi connectivity index (χ1v) is 9.89. The normalized spacial score (nSPS) is 14.5. The molecular weight excluding hydrogens is 372 g/mol. The maximum atomic E-state index is 11.6. The molecule has 1 saturated heterocycles. The largest absolute Gasteiger partial charge is 0.497 e. The van der Waals surface area contributed by atoms with E-state index in [0.29, 0.717) is 12.5 Å². The van der Waals surface area contributed by atoms with E-state index in [-0.39, 0.29) is 12.5 Å². The van der Waals surface area contributed by atoms with Gasteiger partial charge in [0.15, 0.2) is 6.61 Å². The van der Waals surface area contributed by atoms with Gasteiger partial charge in [0, 0.05) is 38.3 Å². The van der Waals surface area contributed by atoms with Crippen molar-refractivity contribution in [3.63, 3.8) is 0 Å². The van der Waals surface area contributed by atoms with Crippen LogP contribution >= 0.6 is 0 Å². The Kier molecular flexibility index (Phi) is 7.10. The number of piperidine rings is 1. The molecule has 8 heteroatoms. The number of rotatable bonds is 7. The molecule has 0 spiro atoms. The highest BCUT2D eigenvalue weighted by Crippen LogP contribution is 2.31. The van der Waals surface area contributed by atoms with Crippen LogP contribution < -0.4 is 20.3 Å². The second-order valence-corrected chi connectivity index (χ2v) is 7.12. The molecule has 3 rings (SSSR count). The van der Waals surface area contributed by atoms with Gasteiger partial charge in [0.2, 0.25) is 0 Å². The number of carbonyl (C=O) groups excluding carboxylic acids is 2. The number of pyridine rings is 1. The molecule has 2 aromatic rings. The summed E-state index contributed by atoms with van der Waals surface area (Å²) < 4.78 is 10.2. The van der Waals surface area contributed by atoms with Crippen LogP contribution in [-0.2, 0) is 9.53 Å². The van der Waals surface area contributed by atoms with Gasteiger partial charge in [-0.15, -0.1) is 0 Å². The third-order valence-corrected chi connectivity index (χ3v) is 5.30. The first-order chi connectivity index (χ1) is 14.1. The number of nitrogens with one attached hydrogen (secondary N) is 2. The van der Waals surface area contributed by atoms with Crippen LogP contribution in [0.5, 0.6) is 5.75 Å². The summed E-state index contributed by atoms with van der Waals surface area (Å²) in [6, 6.07) is 8.07. The zero-order valence-corrected chi connectivity index (χ0v) is 16.9. The summed E-state index contributed by atoms with van der Waals surface area (Å²) in [5.74, 6) is 2.04. The summed E-state index contributed by atoms with van der Waals surface area (Å²) in [6.07, 6.45) is 4.26. The fraction of sp³-hybridized carbons (Fsp3) is 0.476. The lowest BCUT2D eigenvalue weighted by Gasteiger charge is -2.33. The summed E-state index contributed by atoms with van der Waals surface area (Å²) in [6.45, 7) is 2.13. The second kappa shape index (κ2) is 9.95. The highest BCUT2D eigenvalue weighted by molar-refractivity contribution is 5.93. The van der Waals surface area contributed by atoms with Crippen molar-refractivity contribution >= 4 is 28.6 Å². The minimum Gasteiger partial charge on any atom is -0.497 e. The summed E-state index contributed by atoms with van der Waals surface area (Å²) in [4.78, 5) is 29.6. The predicted octanol–water partition coefficient (Wildman–Crippen LogP) is 2.32. The Morgan fingerprint density at radius 2 is 2.03 bits per heavy atom. The summed E-state index contributed by atoms with van der Waals surface area (Å²) >= 11 is 0. The molecule has 1 fully saturated rings. The Hall–Kier alpha value is -3.03. The molecule has 0 saturated carbocycles. The van der Waals surface area contributed by atoms with Gasteiger partial charge in [-0.3, -0.25) is 4.79 Å². The van der Waals surface area contributed by atoms with Gasteiger partial charge in [-0.25, -0.2) is 9.78 Å². The molecule has 0 aliphatic carbocycles. The van der Waals surface area contributed by atoms with Crippen molar-refractivity contribution in [1.29, 1.82) is 0 Å². The minimum absolute atomic E-state index is 0.260. The number of anilines is 1. The molecule has 0 radical (unpaired) electrons. The quantitative estimate of drug-likeness (QED) is 0.741. The van der Waals surface area contributed by atoms with E-state index < -0.39 is 6.09 Å². The molecule has 156 valence electrons. The SMILES string of the molecule is CNC(=O)COC(=O)NCCC1CCN(c2nccc3ccc(OC)cc23)CC1. The lowest BCUT2D eigenvalue weighted by molar-refractivity contribution is -0.123. The van der Waals surface area contributed by atoms with Crippen molar-refractivity contribution in [3.05, 3.63) is 30.5 Å². The molecule has 2 N–H and O–H groups in total. The van der Waals surface area contributed by atoms with Gasteiger partial charge >= 0.3 is 6.09 Å². The van der Waals surface area contributed by atoms with Crippen LogP contribution in [-0.4, -0.2) is 57.4 Å². The van der Waals surface area contributed by atoms with E-state index in [1.807, 2.05) is 24.4 Å². The number of aromatic nitrogens is 1. The molecular formula is C21H28N4O4. The van der Waals surface area contributed by atoms with Gasteiger partial charge in [-0.1, -0.05) is 6.07 Å². The van der Waals surface area contributed by atoms with Gasteiger partial charge in [0.05, 0.1) is 7.11 Å². The standard InChI is InChI=1S/C21H28N4O4/c1-22-19(26)14-29-21(27)24-9-5-15-7-11-25(12-8-15)20-18-13-17(28-2)4-3-16(18)6-10-23-20/h3-4,6,10,13,15H,5,7-9,11-12,14H2,1-2H3,(H,22,26)(H,24,27). The van der Waals surface area contributed by atoms with Gasteiger partial charge in [0.25, 0.3) is 5.91 Å². The van der Waals surface area contributed by atoms with E-state index in [2.05, 4.69) is 26.6 Å². The Balaban J connectivity index is 1.48. The first kappa shape index (κ1) is 20.7. The third-order valence-electron chi connectivity index (χ3n) is 5.30. The monoisotopic (exact) mass is 400 g/mol. The van der Waals surface area contributed by atoms with Crippen molar-refractivity contribution < 1.29 is 19.1 Å². The minimum atomic E-state index is -0.556. The number of likely N-dealkylation sites (N-methyl/N-ethyl adjacent to an activating group) is 1. The molecule has 1 aromatic carbocycles. The average Bonchev–Trinajstić information content (AvgIpc) is 2.77. The Morgan fingerprint density at radius 1 is 1.24 bits per heavy atom. The lowest BCUT2D eigenvalue weighted by Crippen LogP contribution is -2.36. The van der Waals surface area contributed by atoms with E-state index in [4.69, 9.17) is 9.47 Å². The predicted molar refractivity (Wildman–Crippen MR) is 111 cm³/mol. The maximum Gasteiger partial charge on any atom is 0.407 e. The van der Waals surface area contributed by atoms with Crippen LogP contribution in [0.25, 0.3) is 10.8 Å². The van der Waals surface area contributed by atoms with E-state index in [1.165, 1.54) is 7.05 Å². The molecule has 1 aliphatic heterocycles. The molecule has 1 aromatic heterocycles. The molecule has 29 heavy (non-hydrogen) atoms. The van der Waals surface area contributed by atoms with Crippen LogP contribution in [0.4, 0.5) is 10.6 Å². The highest BCUT2D eigenvalue weighted by atomic mass is 16.6. The van der Waals surface area contributed by atoms with Crippen molar-refractivity contribution in [1.82, 2.24) is 15.6 Å². The Morgan fingerprint density at radius 3 is 2.76 bits per heavy atom. The van der Waals surface area contributed by atoms with E-state index >= 15 is 0 Å². The van der Waals surface area contributed by atoms with Crippen LogP contribution in [0.1, 0.15) is 19.3 Å². The average molecular weight is 400 g/mol. The summed E-state index contributed by atoms with van der Waals surface area (Å²) in [5, 5.41) is 7.36. The molecule has 0 unspecified atom stereocenters. The number of alkyl carbamates (subject to hydrolysis) is 1. The number of hydrogen-bond acceptors (Lipinski definition) is 6. The lowest BCUT2D eigenvalue weighted by atomic mass is 9.93. The fourth-order valence-electron chi connectivity index (χ4n) is 3.58. The molecule has 0 atom stereocenters. The smallest absolute Gasteiger partial charge is 0.407 e. The number of nitrogens with zero attached hydrogens (tertiary/aromatic N) is 2. The zero-order chi connectivity index (χ0) is 20.6. The second-order valence-electron chi connectivity index (χ2n) is 7.12. The third kappa shape index (κ3) is 5.49. The number of amides is 2. The molecule has 0 bridgehead atoms. The van der Waals surface area contributed by atoms with E-state index in [1.54, 1.807) is 7.11 Å². The molecule has 2 amide bonds. The number of ether oxygens (including phenoxy) is 2. The van der Waals surface area contributed by atoms with Crippen molar-refractivity contribution in [2.75, 3.05) is 45.3 Å². The van der Waals surface area contributed by atoms with Gasteiger partial charge in [0.1, 0.15) is 11.6 Å². The molecule has 8 nitrogen and oxygen atoms in total. The Bertz CT molecular complexity index is 850. The number of methoxy groups -OCH3 is 1. The summed E-state index contributed by atoms with van der Waals surface area (Å²) in [7, 11) is 3.17. The van der Waals surface area contributed by atoms with Crippen LogP contribution in [0.15, 0.2) is 30.5 Å². The zero-order valence-electron chi connectivity index (χ0n) is 16.9. The number of carbonyl (C=O) groups is 2. The maximum absolute atomic E-state index is 11.6. The van der Waals surface area contributed by atoms with Crippen LogP contribution in [0.2, 0.25) is 0 Å². The van der Waals surface area contributed by atoms with E-state index in [9.17, 15) is 9.59 Å². The number of hydrogen-bond donors (Lipinski definition) is 2. The number of fused-ring (bicyclic) bond motifs is 1. The van der Waals surface area contributed by atoms with E-state index in [0.717, 1.165) is 54.7 Å². The van der Waals surface area contributed by atoms with Crippen molar-refractivity contribution in [2.45, 2.75) is 19.3 Å². The van der Waals surface area contributed by atoms with Gasteiger partial charge < -0.3 is 25.0 Å². The Labute approximate surface area is 170 Å². The van der Waals surface area contributed by atoms with Crippen molar-refractivity contribution in [3.8, 4) is 5.75 Å². The first-order valence-electron chi connectivity index (χ1n) is 9.89.